The van der Waals surface area contributed by atoms with Gasteiger partial charge in [-0.2, -0.15) is 0 Å². The molecule has 2 aliphatic rings. The summed E-state index contributed by atoms with van der Waals surface area (Å²) in [6.45, 7) is 10.8. The van der Waals surface area contributed by atoms with Crippen LogP contribution in [0.4, 0.5) is 0 Å². The van der Waals surface area contributed by atoms with E-state index in [1.807, 2.05) is 18.5 Å². The predicted octanol–water partition coefficient (Wildman–Crippen LogP) is 4.28. The molecule has 1 N–H and O–H groups in total. The second kappa shape index (κ2) is 9.19. The van der Waals surface area contributed by atoms with Crippen LogP contribution in [-0.4, -0.2) is 42.0 Å². The Hall–Kier alpha value is -0.850. The average Bonchev–Trinajstić information content (AvgIpc) is 3.00. The van der Waals surface area contributed by atoms with E-state index in [0.717, 1.165) is 25.6 Å². The third kappa shape index (κ3) is 4.86. The van der Waals surface area contributed by atoms with Gasteiger partial charge >= 0.3 is 0 Å². The highest BCUT2D eigenvalue weighted by Crippen LogP contribution is 2.47. The number of nitrogens with one attached hydrogen (secondary N) is 1. The van der Waals surface area contributed by atoms with Crippen molar-refractivity contribution in [1.82, 2.24) is 15.2 Å². The van der Waals surface area contributed by atoms with E-state index in [2.05, 4.69) is 42.0 Å². The van der Waals surface area contributed by atoms with Crippen LogP contribution in [0.5, 0.6) is 0 Å². The number of aliphatic imine (C=N–C) groups is 1. The number of likely N-dealkylation sites (tertiary alicyclic amines) is 1. The highest BCUT2D eigenvalue weighted by molar-refractivity contribution is 14.0. The first kappa shape index (κ1) is 20.5. The normalized spacial score (nSPS) is 20.3. The molecule has 1 aliphatic carbocycles. The average molecular weight is 456 g/mol. The molecule has 1 atom stereocenters. The number of hydrogen-bond acceptors (Lipinski definition) is 2. The number of halogens is 1. The SMILES string of the molecule is CCNC(=NCC(c1cccnc1)C(C)C)N1CCC2(CCC2)C1.I. The lowest BCUT2D eigenvalue weighted by Gasteiger charge is -2.38. The third-order valence-corrected chi connectivity index (χ3v) is 5.84. The molecule has 0 radical (unpaired) electrons. The molecule has 3 rings (SSSR count). The summed E-state index contributed by atoms with van der Waals surface area (Å²) in [6, 6.07) is 4.21. The lowest BCUT2D eigenvalue weighted by atomic mass is 9.68. The predicted molar refractivity (Wildman–Crippen MR) is 116 cm³/mol. The molecule has 2 fully saturated rings. The summed E-state index contributed by atoms with van der Waals surface area (Å²) in [7, 11) is 0. The quantitative estimate of drug-likeness (QED) is 0.409. The van der Waals surface area contributed by atoms with Gasteiger partial charge in [0.1, 0.15) is 0 Å². The van der Waals surface area contributed by atoms with Crippen LogP contribution < -0.4 is 5.32 Å². The van der Waals surface area contributed by atoms with Gasteiger partial charge in [0.15, 0.2) is 5.96 Å². The van der Waals surface area contributed by atoms with Crippen molar-refractivity contribution in [2.24, 2.45) is 16.3 Å². The van der Waals surface area contributed by atoms with E-state index in [0.29, 0.717) is 17.3 Å². The van der Waals surface area contributed by atoms with Crippen molar-refractivity contribution in [3.05, 3.63) is 30.1 Å². The molecule has 0 amide bonds. The number of nitrogens with zero attached hydrogens (tertiary/aromatic N) is 3. The molecule has 1 saturated heterocycles. The fraction of sp³-hybridized carbons (Fsp3) is 0.700. The molecule has 1 aromatic heterocycles. The van der Waals surface area contributed by atoms with Crippen LogP contribution in [-0.2, 0) is 0 Å². The smallest absolute Gasteiger partial charge is 0.193 e. The first-order valence-corrected chi connectivity index (χ1v) is 9.57. The Balaban J connectivity index is 0.00000225. The van der Waals surface area contributed by atoms with Crippen LogP contribution in [0.1, 0.15) is 57.9 Å². The zero-order valence-corrected chi connectivity index (χ0v) is 18.2. The molecule has 1 unspecified atom stereocenters. The molecular weight excluding hydrogens is 423 g/mol. The van der Waals surface area contributed by atoms with E-state index in [-0.39, 0.29) is 24.0 Å². The number of guanidine groups is 1. The Kier molecular flexibility index (Phi) is 7.52. The fourth-order valence-corrected chi connectivity index (χ4v) is 4.11. The minimum Gasteiger partial charge on any atom is -0.357 e. The lowest BCUT2D eigenvalue weighted by molar-refractivity contribution is 0.151. The number of aromatic nitrogens is 1. The molecule has 0 bridgehead atoms. The summed E-state index contributed by atoms with van der Waals surface area (Å²) in [6.07, 6.45) is 9.41. The minimum absolute atomic E-state index is 0. The van der Waals surface area contributed by atoms with Crippen molar-refractivity contribution in [2.45, 2.75) is 52.4 Å². The molecule has 1 saturated carbocycles. The van der Waals surface area contributed by atoms with Crippen molar-refractivity contribution < 1.29 is 0 Å². The van der Waals surface area contributed by atoms with Gasteiger partial charge in [0.25, 0.3) is 0 Å². The molecular formula is C20H33IN4. The van der Waals surface area contributed by atoms with Crippen molar-refractivity contribution in [3.63, 3.8) is 0 Å². The van der Waals surface area contributed by atoms with E-state index >= 15 is 0 Å². The number of pyridine rings is 1. The van der Waals surface area contributed by atoms with Gasteiger partial charge in [0.05, 0.1) is 0 Å². The van der Waals surface area contributed by atoms with Crippen LogP contribution >= 0.6 is 24.0 Å². The van der Waals surface area contributed by atoms with Crippen LogP contribution in [0.15, 0.2) is 29.5 Å². The molecule has 1 spiro atoms. The van der Waals surface area contributed by atoms with Gasteiger partial charge in [0, 0.05) is 44.5 Å². The summed E-state index contributed by atoms with van der Waals surface area (Å²) in [4.78, 5) is 11.8. The van der Waals surface area contributed by atoms with Crippen LogP contribution in [0.2, 0.25) is 0 Å². The molecule has 1 aromatic rings. The van der Waals surface area contributed by atoms with Gasteiger partial charge in [-0.15, -0.1) is 24.0 Å². The second-order valence-corrected chi connectivity index (χ2v) is 7.86. The zero-order chi connectivity index (χ0) is 17.0. The lowest BCUT2D eigenvalue weighted by Crippen LogP contribution is -2.42. The Morgan fingerprint density at radius 2 is 2.16 bits per heavy atom. The minimum atomic E-state index is 0. The summed E-state index contributed by atoms with van der Waals surface area (Å²) in [5.74, 6) is 2.08. The molecule has 5 heteroatoms. The van der Waals surface area contributed by atoms with Crippen molar-refractivity contribution in [2.75, 3.05) is 26.2 Å². The summed E-state index contributed by atoms with van der Waals surface area (Å²) < 4.78 is 0. The van der Waals surface area contributed by atoms with E-state index in [1.54, 1.807) is 0 Å². The van der Waals surface area contributed by atoms with Gasteiger partial charge in [-0.3, -0.25) is 9.98 Å². The van der Waals surface area contributed by atoms with Gasteiger partial charge in [-0.25, -0.2) is 0 Å². The molecule has 2 heterocycles. The van der Waals surface area contributed by atoms with Crippen LogP contribution in [0.25, 0.3) is 0 Å². The van der Waals surface area contributed by atoms with E-state index in [4.69, 9.17) is 4.99 Å². The third-order valence-electron chi connectivity index (χ3n) is 5.84. The Morgan fingerprint density at radius 1 is 1.36 bits per heavy atom. The van der Waals surface area contributed by atoms with Crippen LogP contribution in [0.3, 0.4) is 0 Å². The summed E-state index contributed by atoms with van der Waals surface area (Å²) in [5, 5.41) is 3.52. The maximum absolute atomic E-state index is 5.02. The molecule has 4 nitrogen and oxygen atoms in total. The first-order valence-electron chi connectivity index (χ1n) is 9.57. The monoisotopic (exact) mass is 456 g/mol. The molecule has 1 aliphatic heterocycles. The number of rotatable bonds is 5. The van der Waals surface area contributed by atoms with Gasteiger partial charge in [-0.05, 0) is 49.1 Å². The van der Waals surface area contributed by atoms with Crippen LogP contribution in [0, 0.1) is 11.3 Å². The Morgan fingerprint density at radius 3 is 2.68 bits per heavy atom. The van der Waals surface area contributed by atoms with Gasteiger partial charge in [0.2, 0.25) is 0 Å². The second-order valence-electron chi connectivity index (χ2n) is 7.86. The number of hydrogen-bond donors (Lipinski definition) is 1. The molecule has 140 valence electrons. The highest BCUT2D eigenvalue weighted by atomic mass is 127. The van der Waals surface area contributed by atoms with Gasteiger partial charge < -0.3 is 10.2 Å². The zero-order valence-electron chi connectivity index (χ0n) is 15.9. The summed E-state index contributed by atoms with van der Waals surface area (Å²) >= 11 is 0. The highest BCUT2D eigenvalue weighted by Gasteiger charge is 2.43. The maximum atomic E-state index is 5.02. The topological polar surface area (TPSA) is 40.5 Å². The molecule has 25 heavy (non-hydrogen) atoms. The Labute approximate surface area is 169 Å². The summed E-state index contributed by atoms with van der Waals surface area (Å²) in [5.41, 5.74) is 1.90. The maximum Gasteiger partial charge on any atom is 0.193 e. The first-order chi connectivity index (χ1) is 11.6. The van der Waals surface area contributed by atoms with Gasteiger partial charge in [-0.1, -0.05) is 26.3 Å². The van der Waals surface area contributed by atoms with E-state index in [1.165, 1.54) is 37.8 Å². The van der Waals surface area contributed by atoms with E-state index < -0.39 is 0 Å². The molecule has 0 aromatic carbocycles. The van der Waals surface area contributed by atoms with Crippen molar-refractivity contribution >= 4 is 29.9 Å². The standard InChI is InChI=1S/C20H32N4.HI/c1-4-22-19(24-12-10-20(15-24)8-6-9-20)23-14-18(16(2)3)17-7-5-11-21-13-17;/h5,7,11,13,16,18H,4,6,8-10,12,14-15H2,1-3H3,(H,22,23);1H. The largest absolute Gasteiger partial charge is 0.357 e. The van der Waals surface area contributed by atoms with Crippen molar-refractivity contribution in [1.29, 1.82) is 0 Å². The van der Waals surface area contributed by atoms with E-state index in [9.17, 15) is 0 Å². The fourth-order valence-electron chi connectivity index (χ4n) is 4.11. The van der Waals surface area contributed by atoms with Crippen molar-refractivity contribution in [3.8, 4) is 0 Å². The Bertz CT molecular complexity index is 554.